The van der Waals surface area contributed by atoms with Gasteiger partial charge < -0.3 is 15.7 Å². The molecule has 1 saturated heterocycles. The Kier molecular flexibility index (Phi) is 3.54. The van der Waals surface area contributed by atoms with E-state index in [1.165, 1.54) is 17.0 Å². The van der Waals surface area contributed by atoms with Gasteiger partial charge in [-0.2, -0.15) is 0 Å². The summed E-state index contributed by atoms with van der Waals surface area (Å²) in [6, 6.07) is 3.75. The normalized spacial score (nSPS) is 21.3. The second-order valence-corrected chi connectivity index (χ2v) is 5.33. The average molecular weight is 293 g/mol. The van der Waals surface area contributed by atoms with E-state index in [9.17, 15) is 24.8 Å². The number of para-hydroxylation sites is 1. The number of rotatable bonds is 3. The average Bonchev–Trinajstić information content (AvgIpc) is 2.82. The number of carbonyl (C=O) groups excluding carboxylic acids is 2. The van der Waals surface area contributed by atoms with Gasteiger partial charge >= 0.3 is 5.69 Å². The van der Waals surface area contributed by atoms with E-state index in [4.69, 9.17) is 5.73 Å². The minimum absolute atomic E-state index is 0.128. The molecule has 0 bridgehead atoms. The first-order valence-electron chi connectivity index (χ1n) is 6.32. The highest BCUT2D eigenvalue weighted by Gasteiger charge is 2.41. The number of carbonyl (C=O) groups is 2. The Morgan fingerprint density at radius 2 is 2.14 bits per heavy atom. The highest BCUT2D eigenvalue weighted by Crippen LogP contribution is 2.34. The number of primary amides is 1. The van der Waals surface area contributed by atoms with Crippen LogP contribution in [0.25, 0.3) is 0 Å². The molecule has 2 rings (SSSR count). The molecule has 21 heavy (non-hydrogen) atoms. The molecular weight excluding hydrogens is 278 g/mol. The van der Waals surface area contributed by atoms with E-state index in [0.29, 0.717) is 13.0 Å². The molecule has 0 spiro atoms. The van der Waals surface area contributed by atoms with Crippen LogP contribution in [0.5, 0.6) is 5.75 Å². The van der Waals surface area contributed by atoms with Crippen molar-refractivity contribution in [3.8, 4) is 5.75 Å². The van der Waals surface area contributed by atoms with Crippen molar-refractivity contribution in [2.75, 3.05) is 13.1 Å². The van der Waals surface area contributed by atoms with Crippen LogP contribution >= 0.6 is 0 Å². The number of aromatic hydroxyl groups is 1. The second-order valence-electron chi connectivity index (χ2n) is 5.33. The zero-order chi connectivity index (χ0) is 15.8. The smallest absolute Gasteiger partial charge is 0.311 e. The third-order valence-corrected chi connectivity index (χ3v) is 3.80. The van der Waals surface area contributed by atoms with Crippen molar-refractivity contribution in [1.82, 2.24) is 4.90 Å². The lowest BCUT2D eigenvalue weighted by molar-refractivity contribution is -0.385. The quantitative estimate of drug-likeness (QED) is 0.624. The maximum Gasteiger partial charge on any atom is 0.311 e. The van der Waals surface area contributed by atoms with Crippen molar-refractivity contribution in [3.05, 3.63) is 33.9 Å². The summed E-state index contributed by atoms with van der Waals surface area (Å²) in [6.45, 7) is 2.10. The first kappa shape index (κ1) is 14.8. The van der Waals surface area contributed by atoms with Crippen LogP contribution < -0.4 is 5.73 Å². The molecule has 1 fully saturated rings. The Hall–Kier alpha value is -2.64. The van der Waals surface area contributed by atoms with Gasteiger partial charge in [0.25, 0.3) is 5.91 Å². The fraction of sp³-hybridized carbons (Fsp3) is 0.385. The van der Waals surface area contributed by atoms with Crippen molar-refractivity contribution >= 4 is 17.5 Å². The molecule has 1 aromatic rings. The van der Waals surface area contributed by atoms with Crippen LogP contribution in [-0.4, -0.2) is 39.8 Å². The van der Waals surface area contributed by atoms with E-state index >= 15 is 0 Å². The van der Waals surface area contributed by atoms with Gasteiger partial charge in [0.15, 0.2) is 0 Å². The van der Waals surface area contributed by atoms with E-state index in [-0.39, 0.29) is 12.1 Å². The lowest BCUT2D eigenvalue weighted by atomic mass is 9.89. The van der Waals surface area contributed by atoms with E-state index in [1.807, 2.05) is 0 Å². The summed E-state index contributed by atoms with van der Waals surface area (Å²) >= 11 is 0. The van der Waals surface area contributed by atoms with Crippen LogP contribution in [0.2, 0.25) is 0 Å². The number of amides is 2. The summed E-state index contributed by atoms with van der Waals surface area (Å²) in [5, 5.41) is 20.6. The standard InChI is InChI=1S/C13H15N3O5/c1-13(12(14)19)5-6-15(7-13)11(18)8-3-2-4-9(10(8)17)16(20)21/h2-4,17H,5-7H2,1H3,(H2,14,19). The number of nitrogens with two attached hydrogens (primary N) is 1. The van der Waals surface area contributed by atoms with Crippen LogP contribution in [0.1, 0.15) is 23.7 Å². The number of nitro benzene ring substituents is 1. The summed E-state index contributed by atoms with van der Waals surface area (Å²) in [4.78, 5) is 35.1. The molecule has 1 unspecified atom stereocenters. The molecule has 1 aromatic carbocycles. The molecule has 0 saturated carbocycles. The minimum Gasteiger partial charge on any atom is -0.502 e. The number of likely N-dealkylation sites (tertiary alicyclic amines) is 1. The largest absolute Gasteiger partial charge is 0.502 e. The van der Waals surface area contributed by atoms with Crippen LogP contribution in [0.15, 0.2) is 18.2 Å². The topological polar surface area (TPSA) is 127 Å². The lowest BCUT2D eigenvalue weighted by Crippen LogP contribution is -2.38. The summed E-state index contributed by atoms with van der Waals surface area (Å²) in [5.41, 5.74) is 3.81. The molecule has 112 valence electrons. The number of hydrogen-bond acceptors (Lipinski definition) is 5. The molecule has 1 heterocycles. The zero-order valence-electron chi connectivity index (χ0n) is 11.4. The van der Waals surface area contributed by atoms with E-state index < -0.39 is 33.6 Å². The lowest BCUT2D eigenvalue weighted by Gasteiger charge is -2.21. The Labute approximate surface area is 120 Å². The Morgan fingerprint density at radius 3 is 2.67 bits per heavy atom. The molecule has 8 heteroatoms. The number of hydrogen-bond donors (Lipinski definition) is 2. The second kappa shape index (κ2) is 5.04. The summed E-state index contributed by atoms with van der Waals surface area (Å²) < 4.78 is 0. The third-order valence-electron chi connectivity index (χ3n) is 3.80. The minimum atomic E-state index is -0.813. The number of phenolic OH excluding ortho intramolecular Hbond substituents is 1. The van der Waals surface area contributed by atoms with Crippen LogP contribution in [0, 0.1) is 15.5 Å². The molecule has 2 amide bonds. The Bertz CT molecular complexity index is 630. The van der Waals surface area contributed by atoms with Gasteiger partial charge in [-0.15, -0.1) is 0 Å². The van der Waals surface area contributed by atoms with E-state index in [0.717, 1.165) is 6.07 Å². The van der Waals surface area contributed by atoms with E-state index in [1.54, 1.807) is 6.92 Å². The van der Waals surface area contributed by atoms with Gasteiger partial charge in [0, 0.05) is 19.2 Å². The molecule has 1 aliphatic rings. The third kappa shape index (κ3) is 2.51. The van der Waals surface area contributed by atoms with Crippen LogP contribution in [0.4, 0.5) is 5.69 Å². The van der Waals surface area contributed by atoms with Crippen LogP contribution in [-0.2, 0) is 4.79 Å². The van der Waals surface area contributed by atoms with E-state index in [2.05, 4.69) is 0 Å². The monoisotopic (exact) mass is 293 g/mol. The molecule has 1 atom stereocenters. The van der Waals surface area contributed by atoms with Crippen molar-refractivity contribution in [1.29, 1.82) is 0 Å². The highest BCUT2D eigenvalue weighted by atomic mass is 16.6. The van der Waals surface area contributed by atoms with Gasteiger partial charge in [-0.25, -0.2) is 0 Å². The van der Waals surface area contributed by atoms with Gasteiger partial charge in [-0.3, -0.25) is 19.7 Å². The fourth-order valence-corrected chi connectivity index (χ4v) is 2.36. The first-order valence-corrected chi connectivity index (χ1v) is 6.32. The number of nitro groups is 1. The Morgan fingerprint density at radius 1 is 1.48 bits per heavy atom. The Balaban J connectivity index is 2.29. The molecule has 1 aliphatic heterocycles. The van der Waals surface area contributed by atoms with Gasteiger partial charge in [0.2, 0.25) is 11.7 Å². The first-order chi connectivity index (χ1) is 9.76. The molecule has 0 radical (unpaired) electrons. The van der Waals surface area contributed by atoms with Gasteiger partial charge in [-0.1, -0.05) is 6.07 Å². The molecule has 3 N–H and O–H groups in total. The van der Waals surface area contributed by atoms with Gasteiger partial charge in [-0.05, 0) is 19.4 Å². The summed E-state index contributed by atoms with van der Waals surface area (Å²) in [5.74, 6) is -1.72. The van der Waals surface area contributed by atoms with Crippen molar-refractivity contribution in [2.45, 2.75) is 13.3 Å². The van der Waals surface area contributed by atoms with Crippen molar-refractivity contribution < 1.29 is 19.6 Å². The molecule has 0 aromatic heterocycles. The van der Waals surface area contributed by atoms with Crippen molar-refractivity contribution in [2.24, 2.45) is 11.1 Å². The maximum absolute atomic E-state index is 12.3. The zero-order valence-corrected chi connectivity index (χ0v) is 11.4. The van der Waals surface area contributed by atoms with Gasteiger partial charge in [0.1, 0.15) is 0 Å². The number of phenols is 1. The van der Waals surface area contributed by atoms with Crippen molar-refractivity contribution in [3.63, 3.8) is 0 Å². The number of benzene rings is 1. The maximum atomic E-state index is 12.3. The van der Waals surface area contributed by atoms with Gasteiger partial charge in [0.05, 0.1) is 15.9 Å². The molecule has 8 nitrogen and oxygen atoms in total. The molecular formula is C13H15N3O5. The fourth-order valence-electron chi connectivity index (χ4n) is 2.36. The molecule has 0 aliphatic carbocycles. The van der Waals surface area contributed by atoms with Crippen LogP contribution in [0.3, 0.4) is 0 Å². The SMILES string of the molecule is CC1(C(N)=O)CCN(C(=O)c2cccc([N+](=O)[O-])c2O)C1. The summed E-state index contributed by atoms with van der Waals surface area (Å²) in [7, 11) is 0. The summed E-state index contributed by atoms with van der Waals surface area (Å²) in [6.07, 6.45) is 0.420. The predicted molar refractivity (Wildman–Crippen MR) is 72.6 cm³/mol. The predicted octanol–water partition coefficient (Wildman–Crippen LogP) is 0.638. The number of nitrogens with zero attached hydrogens (tertiary/aromatic N) is 2. The highest BCUT2D eigenvalue weighted by molar-refractivity contribution is 5.98.